The molecule has 4 heterocycles. The highest BCUT2D eigenvalue weighted by atomic mass is 32.2. The Hall–Kier alpha value is -5.10. The smallest absolute Gasteiger partial charge is 0.408 e. The van der Waals surface area contributed by atoms with Crippen LogP contribution in [-0.2, 0) is 34.7 Å². The number of amides is 3. The largest absolute Gasteiger partial charge is 0.448 e. The van der Waals surface area contributed by atoms with Gasteiger partial charge in [-0.3, -0.25) is 23.7 Å². The lowest BCUT2D eigenvalue weighted by atomic mass is 10.00. The molecule has 2 fully saturated rings. The maximum atomic E-state index is 14.2. The van der Waals surface area contributed by atoms with Gasteiger partial charge in [-0.25, -0.2) is 9.59 Å². The van der Waals surface area contributed by atoms with E-state index < -0.39 is 51.9 Å². The van der Waals surface area contributed by atoms with Gasteiger partial charge in [0.1, 0.15) is 22.7 Å². The first-order valence-electron chi connectivity index (χ1n) is 15.2. The number of rotatable bonds is 7. The monoisotopic (exact) mass is 654 g/mol. The molecular weight excluding hydrogens is 620 g/mol. The van der Waals surface area contributed by atoms with Crippen LogP contribution in [0.3, 0.4) is 0 Å². The van der Waals surface area contributed by atoms with Crippen LogP contribution in [0.1, 0.15) is 44.4 Å². The van der Waals surface area contributed by atoms with Crippen LogP contribution in [0.2, 0.25) is 0 Å². The number of β-lactam (4-membered cyclic amide) rings is 1. The van der Waals surface area contributed by atoms with Crippen molar-refractivity contribution in [1.82, 2.24) is 15.2 Å². The Labute approximate surface area is 274 Å². The van der Waals surface area contributed by atoms with E-state index in [1.165, 1.54) is 0 Å². The van der Waals surface area contributed by atoms with Crippen molar-refractivity contribution < 1.29 is 32.9 Å². The number of allylic oxidation sites excluding steroid dienone is 1. The van der Waals surface area contributed by atoms with Gasteiger partial charge in [0.15, 0.2) is 6.10 Å². The van der Waals surface area contributed by atoms with Gasteiger partial charge in [0.2, 0.25) is 0 Å². The minimum Gasteiger partial charge on any atom is -0.448 e. The highest BCUT2D eigenvalue weighted by molar-refractivity contribution is 7.86. The standard InChI is InChI=1S/C35H34N4O7S/c1-35(2,3)46-34(43)37-27-31(41)39-28(33(42)45-29(22-11-6-4-7-12-22)23-13-8-5-9-14-23)25(21-47(44)32(27)39)19-24-16-18-38(30(24)40)26-15-10-17-36-20-26/h4-15,17,19-20,27,29,32H,16,18,21H2,1-3H3,(H,37,43)/b24-19+/t27-,32-,47+/m1/s1. The van der Waals surface area contributed by atoms with Gasteiger partial charge in [0.05, 0.1) is 28.4 Å². The summed E-state index contributed by atoms with van der Waals surface area (Å²) in [5, 5.41) is 1.49. The lowest BCUT2D eigenvalue weighted by Crippen LogP contribution is -2.73. The number of nitrogens with zero attached hydrogens (tertiary/aromatic N) is 3. The number of hydrogen-bond acceptors (Lipinski definition) is 8. The number of esters is 1. The van der Waals surface area contributed by atoms with Crippen molar-refractivity contribution in [1.29, 1.82) is 0 Å². The molecule has 2 saturated heterocycles. The van der Waals surface area contributed by atoms with Crippen LogP contribution in [-0.4, -0.2) is 67.3 Å². The summed E-state index contributed by atoms with van der Waals surface area (Å²) in [5.74, 6) is -1.88. The predicted molar refractivity (Wildman–Crippen MR) is 174 cm³/mol. The summed E-state index contributed by atoms with van der Waals surface area (Å²) in [7, 11) is -1.74. The van der Waals surface area contributed by atoms with Gasteiger partial charge < -0.3 is 19.7 Å². The molecule has 0 spiro atoms. The summed E-state index contributed by atoms with van der Waals surface area (Å²) in [6.07, 6.45) is 3.46. The molecule has 242 valence electrons. The van der Waals surface area contributed by atoms with Crippen molar-refractivity contribution in [3.63, 3.8) is 0 Å². The van der Waals surface area contributed by atoms with Gasteiger partial charge >= 0.3 is 12.1 Å². The highest BCUT2D eigenvalue weighted by Crippen LogP contribution is 2.38. The molecule has 12 heteroatoms. The van der Waals surface area contributed by atoms with Crippen LogP contribution >= 0.6 is 0 Å². The third-order valence-electron chi connectivity index (χ3n) is 7.88. The van der Waals surface area contributed by atoms with E-state index in [9.17, 15) is 23.4 Å². The maximum Gasteiger partial charge on any atom is 0.408 e. The second kappa shape index (κ2) is 13.0. The lowest BCUT2D eigenvalue weighted by Gasteiger charge is -2.49. The molecule has 0 aliphatic carbocycles. The fraction of sp³-hybridized carbons (Fsp3) is 0.286. The molecule has 0 saturated carbocycles. The number of benzene rings is 2. The fourth-order valence-corrected chi connectivity index (χ4v) is 7.43. The third kappa shape index (κ3) is 6.59. The van der Waals surface area contributed by atoms with Crippen molar-refractivity contribution in [3.05, 3.63) is 119 Å². The average Bonchev–Trinajstić information content (AvgIpc) is 3.41. The van der Waals surface area contributed by atoms with E-state index in [1.54, 1.807) is 56.3 Å². The second-order valence-corrected chi connectivity index (χ2v) is 13.8. The van der Waals surface area contributed by atoms with E-state index in [1.807, 2.05) is 60.7 Å². The topological polar surface area (TPSA) is 135 Å². The number of carbonyl (C=O) groups is 4. The van der Waals surface area contributed by atoms with E-state index >= 15 is 0 Å². The van der Waals surface area contributed by atoms with Gasteiger partial charge in [-0.2, -0.15) is 0 Å². The van der Waals surface area contributed by atoms with E-state index in [4.69, 9.17) is 9.47 Å². The maximum absolute atomic E-state index is 14.2. The zero-order valence-corrected chi connectivity index (χ0v) is 26.9. The quantitative estimate of drug-likeness (QED) is 0.228. The minimum absolute atomic E-state index is 0.112. The third-order valence-corrected chi connectivity index (χ3v) is 9.50. The molecule has 1 aromatic heterocycles. The summed E-state index contributed by atoms with van der Waals surface area (Å²) >= 11 is 0. The normalized spacial score (nSPS) is 21.9. The number of nitrogens with one attached hydrogen (secondary N) is 1. The molecule has 3 amide bonds. The molecule has 3 aromatic rings. The molecule has 1 N–H and O–H groups in total. The molecule has 6 rings (SSSR count). The highest BCUT2D eigenvalue weighted by Gasteiger charge is 2.58. The summed E-state index contributed by atoms with van der Waals surface area (Å²) in [6, 6.07) is 20.7. The molecule has 11 nitrogen and oxygen atoms in total. The molecule has 3 aliphatic heterocycles. The van der Waals surface area contributed by atoms with Gasteiger partial charge in [-0.15, -0.1) is 0 Å². The van der Waals surface area contributed by atoms with Crippen molar-refractivity contribution in [2.75, 3.05) is 17.2 Å². The van der Waals surface area contributed by atoms with Gasteiger partial charge in [-0.05, 0) is 62.1 Å². The van der Waals surface area contributed by atoms with Crippen molar-refractivity contribution in [3.8, 4) is 0 Å². The average molecular weight is 655 g/mol. The van der Waals surface area contributed by atoms with E-state index in [0.717, 1.165) is 4.90 Å². The van der Waals surface area contributed by atoms with Crippen LogP contribution in [0.25, 0.3) is 0 Å². The summed E-state index contributed by atoms with van der Waals surface area (Å²) < 4.78 is 25.1. The first-order chi connectivity index (χ1) is 22.5. The lowest BCUT2D eigenvalue weighted by molar-refractivity contribution is -0.153. The molecule has 0 radical (unpaired) electrons. The first kappa shape index (κ1) is 31.9. The number of hydrogen-bond donors (Lipinski definition) is 1. The zero-order valence-electron chi connectivity index (χ0n) is 26.1. The number of fused-ring (bicyclic) bond motifs is 1. The van der Waals surface area contributed by atoms with Crippen LogP contribution in [0, 0.1) is 0 Å². The minimum atomic E-state index is -1.74. The number of alkyl carbamates (subject to hydrolysis) is 1. The van der Waals surface area contributed by atoms with Gasteiger partial charge in [0.25, 0.3) is 11.8 Å². The van der Waals surface area contributed by atoms with E-state index in [0.29, 0.717) is 35.4 Å². The molecule has 3 atom stereocenters. The van der Waals surface area contributed by atoms with E-state index in [-0.39, 0.29) is 22.9 Å². The van der Waals surface area contributed by atoms with Crippen LogP contribution in [0.4, 0.5) is 10.5 Å². The Kier molecular flexibility index (Phi) is 8.78. The van der Waals surface area contributed by atoms with Crippen molar-refractivity contribution in [2.45, 2.75) is 50.3 Å². The molecule has 47 heavy (non-hydrogen) atoms. The molecular formula is C35H34N4O7S. The van der Waals surface area contributed by atoms with Crippen molar-refractivity contribution in [2.24, 2.45) is 0 Å². The van der Waals surface area contributed by atoms with Crippen LogP contribution in [0.15, 0.2) is 108 Å². The Morgan fingerprint density at radius 1 is 1.00 bits per heavy atom. The fourth-order valence-electron chi connectivity index (χ4n) is 5.80. The molecule has 2 aromatic carbocycles. The SMILES string of the molecule is CC(C)(C)OC(=O)N[C@@H]1C(=O)N2C(C(=O)OC(c3ccccc3)c3ccccc3)=C(/C=C3\CCN(c4cccnc4)C3=O)C[S@](=O)[C@H]12. The number of aromatic nitrogens is 1. The Bertz CT molecular complexity index is 1750. The molecule has 3 aliphatic rings. The second-order valence-electron chi connectivity index (χ2n) is 12.3. The Morgan fingerprint density at radius 2 is 1.66 bits per heavy atom. The molecule has 0 unspecified atom stereocenters. The molecule has 0 bridgehead atoms. The number of pyridine rings is 1. The summed E-state index contributed by atoms with van der Waals surface area (Å²) in [5.41, 5.74) is 1.75. The Balaban J connectivity index is 1.37. The number of carbonyl (C=O) groups excluding carboxylic acids is 4. The zero-order chi connectivity index (χ0) is 33.3. The summed E-state index contributed by atoms with van der Waals surface area (Å²) in [4.78, 5) is 60.7. The van der Waals surface area contributed by atoms with Gasteiger partial charge in [0, 0.05) is 18.3 Å². The number of ether oxygens (including phenoxy) is 2. The first-order valence-corrected chi connectivity index (χ1v) is 16.6. The van der Waals surface area contributed by atoms with Gasteiger partial charge in [-0.1, -0.05) is 60.7 Å². The van der Waals surface area contributed by atoms with Crippen molar-refractivity contribution >= 4 is 40.4 Å². The number of anilines is 1. The van der Waals surface area contributed by atoms with Crippen LogP contribution < -0.4 is 10.2 Å². The Morgan fingerprint density at radius 3 is 2.26 bits per heavy atom. The van der Waals surface area contributed by atoms with E-state index in [2.05, 4.69) is 10.3 Å². The summed E-state index contributed by atoms with van der Waals surface area (Å²) in [6.45, 7) is 5.45. The predicted octanol–water partition coefficient (Wildman–Crippen LogP) is 4.16. The van der Waals surface area contributed by atoms with Crippen LogP contribution in [0.5, 0.6) is 0 Å².